The van der Waals surface area contributed by atoms with Crippen LogP contribution in [-0.4, -0.2) is 114 Å². The zero-order chi connectivity index (χ0) is 46.5. The van der Waals surface area contributed by atoms with E-state index in [1.54, 1.807) is 17.7 Å². The molecule has 67 heavy (non-hydrogen) atoms. The number of esters is 1. The fourth-order valence-electron chi connectivity index (χ4n) is 10.1. The van der Waals surface area contributed by atoms with E-state index in [1.165, 1.54) is 32.1 Å². The zero-order valence-electron chi connectivity index (χ0n) is 39.5. The maximum Gasteiger partial charge on any atom is 0.310 e. The van der Waals surface area contributed by atoms with E-state index in [1.807, 2.05) is 104 Å². The van der Waals surface area contributed by atoms with E-state index < -0.39 is 0 Å². The second-order valence-corrected chi connectivity index (χ2v) is 18.2. The SMILES string of the molecule is CCOc1ccccc1-n1c(CN2CCN(C(=O)COc3ccc(COCCCCCCN4C5CCCC4CC(OC(=O)Cc4cc(C)ccc4OC)C5)cc3)CC2)nc2ccccc2c1=O. The molecule has 3 aliphatic heterocycles. The molecule has 5 aromatic rings. The monoisotopic (exact) mass is 913 g/mol. The number of amides is 1. The number of methoxy groups -OCH3 is 1. The van der Waals surface area contributed by atoms with Gasteiger partial charge in [0.2, 0.25) is 0 Å². The van der Waals surface area contributed by atoms with Crippen LogP contribution in [0.15, 0.2) is 95.8 Å². The molecule has 2 atom stereocenters. The largest absolute Gasteiger partial charge is 0.496 e. The summed E-state index contributed by atoms with van der Waals surface area (Å²) in [4.78, 5) is 51.8. The van der Waals surface area contributed by atoms with E-state index in [9.17, 15) is 14.4 Å². The molecule has 1 aromatic heterocycles. The standard InChI is InChI=1S/C54H67N5O8/c1-4-65-50-19-10-9-18-48(50)59-51(55-47-17-8-7-16-46(47)54(59)62)36-56-27-29-57(30-28-56)52(60)38-66-44-23-21-40(22-24-44)37-64-31-12-6-5-11-26-58-42-14-13-15-43(58)35-45(34-42)67-53(61)33-41-32-39(2)20-25-49(41)63-3/h7-10,16-25,32,42-43,45H,4-6,11-15,26-31,33-38H2,1-3H3. The number of carbonyl (C=O) groups excluding carboxylic acids is 2. The van der Waals surface area contributed by atoms with Gasteiger partial charge >= 0.3 is 5.97 Å². The fraction of sp³-hybridized carbons (Fsp3) is 0.481. The number of ether oxygens (including phenoxy) is 5. The number of hydrogen-bond acceptors (Lipinski definition) is 11. The molecule has 8 rings (SSSR count). The molecule has 0 aliphatic carbocycles. The Morgan fingerprint density at radius 2 is 1.55 bits per heavy atom. The smallest absolute Gasteiger partial charge is 0.310 e. The van der Waals surface area contributed by atoms with Crippen molar-refractivity contribution in [3.63, 3.8) is 0 Å². The van der Waals surface area contributed by atoms with Gasteiger partial charge in [0.05, 0.1) is 49.9 Å². The van der Waals surface area contributed by atoms with Crippen LogP contribution in [0.3, 0.4) is 0 Å². The van der Waals surface area contributed by atoms with Crippen molar-refractivity contribution in [3.05, 3.63) is 124 Å². The van der Waals surface area contributed by atoms with Gasteiger partial charge in [-0.1, -0.05) is 73.4 Å². The summed E-state index contributed by atoms with van der Waals surface area (Å²) in [5.41, 5.74) is 4.24. The van der Waals surface area contributed by atoms with E-state index in [0.29, 0.717) is 91.9 Å². The van der Waals surface area contributed by atoms with E-state index in [-0.39, 0.29) is 36.6 Å². The molecular weight excluding hydrogens is 847 g/mol. The third-order valence-electron chi connectivity index (χ3n) is 13.5. The molecular formula is C54H67N5O8. The molecule has 356 valence electrons. The normalized spacial score (nSPS) is 18.7. The van der Waals surface area contributed by atoms with Gasteiger partial charge < -0.3 is 28.6 Å². The molecule has 3 fully saturated rings. The van der Waals surface area contributed by atoms with Gasteiger partial charge in [-0.2, -0.15) is 0 Å². The van der Waals surface area contributed by atoms with Crippen LogP contribution in [0, 0.1) is 6.92 Å². The highest BCUT2D eigenvalue weighted by molar-refractivity contribution is 5.79. The van der Waals surface area contributed by atoms with Crippen molar-refractivity contribution in [1.29, 1.82) is 0 Å². The minimum absolute atomic E-state index is 0.00654. The lowest BCUT2D eigenvalue weighted by Crippen LogP contribution is -2.54. The second-order valence-electron chi connectivity index (χ2n) is 18.2. The van der Waals surface area contributed by atoms with Crippen molar-refractivity contribution in [3.8, 4) is 22.9 Å². The van der Waals surface area contributed by atoms with Crippen molar-refractivity contribution >= 4 is 22.8 Å². The number of unbranched alkanes of at least 4 members (excludes halogenated alkanes) is 3. The molecule has 13 nitrogen and oxygen atoms in total. The van der Waals surface area contributed by atoms with Crippen LogP contribution >= 0.6 is 0 Å². The second kappa shape index (κ2) is 23.3. The molecule has 0 saturated carbocycles. The van der Waals surface area contributed by atoms with Crippen LogP contribution in [0.1, 0.15) is 87.2 Å². The van der Waals surface area contributed by atoms with Crippen molar-refractivity contribution in [2.75, 3.05) is 59.7 Å². The number of piperidine rings is 2. The lowest BCUT2D eigenvalue weighted by Gasteiger charge is -2.48. The number of carbonyl (C=O) groups is 2. The van der Waals surface area contributed by atoms with Crippen LogP contribution in [0.4, 0.5) is 0 Å². The van der Waals surface area contributed by atoms with Crippen LogP contribution < -0.4 is 19.8 Å². The number of aromatic nitrogens is 2. The lowest BCUT2D eigenvalue weighted by atomic mass is 9.82. The quantitative estimate of drug-likeness (QED) is 0.0525. The number of rotatable bonds is 21. The average molecular weight is 914 g/mol. The van der Waals surface area contributed by atoms with Crippen LogP contribution in [0.2, 0.25) is 0 Å². The first-order valence-corrected chi connectivity index (χ1v) is 24.4. The summed E-state index contributed by atoms with van der Waals surface area (Å²) in [6, 6.07) is 29.7. The summed E-state index contributed by atoms with van der Waals surface area (Å²) >= 11 is 0. The number of fused-ring (bicyclic) bond motifs is 3. The van der Waals surface area contributed by atoms with Gasteiger partial charge in [-0.25, -0.2) is 4.98 Å². The van der Waals surface area contributed by atoms with Gasteiger partial charge in [0.25, 0.3) is 11.5 Å². The van der Waals surface area contributed by atoms with E-state index in [4.69, 9.17) is 28.7 Å². The summed E-state index contributed by atoms with van der Waals surface area (Å²) in [6.07, 6.45) is 10.2. The first-order chi connectivity index (χ1) is 32.8. The Hall–Kier alpha value is -5.76. The number of piperazine rings is 1. The van der Waals surface area contributed by atoms with Crippen LogP contribution in [0.5, 0.6) is 17.2 Å². The van der Waals surface area contributed by atoms with Gasteiger partial charge in [0.1, 0.15) is 29.2 Å². The predicted molar refractivity (Wildman–Crippen MR) is 259 cm³/mol. The van der Waals surface area contributed by atoms with Gasteiger partial charge in [-0.05, 0) is 94.1 Å². The summed E-state index contributed by atoms with van der Waals surface area (Å²) in [5, 5.41) is 0.551. The summed E-state index contributed by atoms with van der Waals surface area (Å²) < 4.78 is 31.0. The predicted octanol–water partition coefficient (Wildman–Crippen LogP) is 8.07. The van der Waals surface area contributed by atoms with Crippen molar-refractivity contribution in [2.24, 2.45) is 0 Å². The minimum atomic E-state index is -0.162. The summed E-state index contributed by atoms with van der Waals surface area (Å²) in [7, 11) is 1.64. The molecule has 4 heterocycles. The third-order valence-corrected chi connectivity index (χ3v) is 13.5. The maximum atomic E-state index is 13.9. The highest BCUT2D eigenvalue weighted by atomic mass is 16.5. The van der Waals surface area contributed by atoms with E-state index >= 15 is 0 Å². The fourth-order valence-corrected chi connectivity index (χ4v) is 10.1. The van der Waals surface area contributed by atoms with Gasteiger partial charge in [-0.3, -0.25) is 28.8 Å². The summed E-state index contributed by atoms with van der Waals surface area (Å²) in [5.74, 6) is 2.42. The van der Waals surface area contributed by atoms with Crippen LogP contribution in [-0.2, 0) is 38.6 Å². The van der Waals surface area contributed by atoms with Gasteiger partial charge in [0, 0.05) is 63.3 Å². The zero-order valence-corrected chi connectivity index (χ0v) is 39.5. The van der Waals surface area contributed by atoms with Crippen molar-refractivity contribution in [1.82, 2.24) is 24.3 Å². The highest BCUT2D eigenvalue weighted by Gasteiger charge is 2.39. The molecule has 3 aliphatic rings. The molecule has 2 bridgehead atoms. The number of hydrogen-bond donors (Lipinski definition) is 0. The molecule has 2 unspecified atom stereocenters. The average Bonchev–Trinajstić information content (AvgIpc) is 3.33. The van der Waals surface area contributed by atoms with E-state index in [0.717, 1.165) is 61.3 Å². The van der Waals surface area contributed by atoms with Crippen molar-refractivity contribution < 1.29 is 33.3 Å². The molecule has 0 spiro atoms. The van der Waals surface area contributed by atoms with E-state index in [2.05, 4.69) is 9.80 Å². The number of para-hydroxylation sites is 3. The molecule has 0 N–H and O–H groups in total. The Balaban J connectivity index is 0.703. The highest BCUT2D eigenvalue weighted by Crippen LogP contribution is 2.36. The Kier molecular flexibility index (Phi) is 16.6. The van der Waals surface area contributed by atoms with Crippen LogP contribution in [0.25, 0.3) is 16.6 Å². The molecule has 4 aromatic carbocycles. The topological polar surface area (TPSA) is 125 Å². The molecule has 13 heteroatoms. The molecule has 1 amide bonds. The third kappa shape index (κ3) is 12.4. The summed E-state index contributed by atoms with van der Waals surface area (Å²) in [6.45, 7) is 9.60. The maximum absolute atomic E-state index is 13.9. The Bertz CT molecular complexity index is 2470. The number of benzene rings is 4. The number of aryl methyl sites for hydroxylation is 1. The first kappa shape index (κ1) is 47.7. The van der Waals surface area contributed by atoms with Gasteiger partial charge in [-0.15, -0.1) is 0 Å². The van der Waals surface area contributed by atoms with Crippen molar-refractivity contribution in [2.45, 2.75) is 109 Å². The van der Waals surface area contributed by atoms with Gasteiger partial charge in [0.15, 0.2) is 6.61 Å². The minimum Gasteiger partial charge on any atom is -0.496 e. The Labute approximate surface area is 394 Å². The first-order valence-electron chi connectivity index (χ1n) is 24.4. The molecule has 3 saturated heterocycles. The Morgan fingerprint density at radius 3 is 2.33 bits per heavy atom. The molecule has 0 radical (unpaired) electrons. The number of nitrogens with zero attached hydrogens (tertiary/aromatic N) is 5. The Morgan fingerprint density at radius 1 is 0.806 bits per heavy atom. The lowest BCUT2D eigenvalue weighted by molar-refractivity contribution is -0.154.